The van der Waals surface area contributed by atoms with Gasteiger partial charge in [0.25, 0.3) is 0 Å². The molecule has 0 aliphatic carbocycles. The Bertz CT molecular complexity index is 462. The maximum absolute atomic E-state index is 11.9. The van der Waals surface area contributed by atoms with Crippen molar-refractivity contribution in [3.63, 3.8) is 0 Å². The van der Waals surface area contributed by atoms with Crippen LogP contribution in [0.15, 0.2) is 30.3 Å². The molecule has 0 spiro atoms. The van der Waals surface area contributed by atoms with Gasteiger partial charge in [0, 0.05) is 12.6 Å². The zero-order valence-corrected chi connectivity index (χ0v) is 12.8. The third-order valence-corrected chi connectivity index (χ3v) is 3.02. The Balaban J connectivity index is 2.69. The van der Waals surface area contributed by atoms with Gasteiger partial charge in [0.1, 0.15) is 0 Å². The van der Waals surface area contributed by atoms with Crippen LogP contribution in [-0.4, -0.2) is 42.9 Å². The number of benzene rings is 1. The molecule has 1 rings (SSSR count). The molecule has 0 bridgehead atoms. The van der Waals surface area contributed by atoms with Crippen molar-refractivity contribution >= 4 is 11.8 Å². The second-order valence-corrected chi connectivity index (χ2v) is 5.39. The molecule has 21 heavy (non-hydrogen) atoms. The normalized spacial score (nSPS) is 12.3. The van der Waals surface area contributed by atoms with Gasteiger partial charge in [0.05, 0.1) is 12.5 Å². The van der Waals surface area contributed by atoms with E-state index in [9.17, 15) is 9.59 Å². The van der Waals surface area contributed by atoms with Crippen molar-refractivity contribution in [3.05, 3.63) is 35.9 Å². The van der Waals surface area contributed by atoms with Gasteiger partial charge in [0.2, 0.25) is 11.8 Å². The maximum Gasteiger partial charge on any atom is 0.242 e. The monoisotopic (exact) mass is 292 g/mol. The lowest BCUT2D eigenvalue weighted by Crippen LogP contribution is -2.43. The maximum atomic E-state index is 11.9. The first-order chi connectivity index (χ1) is 9.93. The lowest BCUT2D eigenvalue weighted by Gasteiger charge is -2.23. The van der Waals surface area contributed by atoms with Crippen LogP contribution in [0.2, 0.25) is 0 Å². The molecule has 0 saturated carbocycles. The summed E-state index contributed by atoms with van der Waals surface area (Å²) >= 11 is 0. The Hall–Kier alpha value is -1.92. The lowest BCUT2D eigenvalue weighted by molar-refractivity contribution is -0.125. The zero-order valence-electron chi connectivity index (χ0n) is 12.8. The van der Waals surface area contributed by atoms with E-state index in [-0.39, 0.29) is 24.4 Å². The highest BCUT2D eigenvalue weighted by Crippen LogP contribution is 2.16. The van der Waals surface area contributed by atoms with Crippen LogP contribution in [-0.2, 0) is 9.59 Å². The number of hydrogen-bond acceptors (Lipinski definition) is 4. The van der Waals surface area contributed by atoms with Crippen molar-refractivity contribution in [2.45, 2.75) is 25.8 Å². The standard InChI is InChI=1S/C15H24N4O2/c1-11(2)17-14(20)10-19(3)9-13(15(21)18-16)12-7-5-4-6-8-12/h4-8,11,13H,9-10,16H2,1-3H3,(H,17,20)(H,18,21). The molecule has 0 heterocycles. The highest BCUT2D eigenvalue weighted by atomic mass is 16.2. The summed E-state index contributed by atoms with van der Waals surface area (Å²) in [4.78, 5) is 25.5. The van der Waals surface area contributed by atoms with Gasteiger partial charge in [-0.2, -0.15) is 0 Å². The Morgan fingerprint density at radius 1 is 1.24 bits per heavy atom. The first-order valence-electron chi connectivity index (χ1n) is 6.97. The predicted octanol–water partition coefficient (Wildman–Crippen LogP) is 0.217. The smallest absolute Gasteiger partial charge is 0.242 e. The molecule has 4 N–H and O–H groups in total. The summed E-state index contributed by atoms with van der Waals surface area (Å²) in [6, 6.07) is 9.49. The molecule has 0 aromatic heterocycles. The molecule has 0 aliphatic rings. The van der Waals surface area contributed by atoms with Gasteiger partial charge in [-0.1, -0.05) is 30.3 Å². The van der Waals surface area contributed by atoms with Crippen LogP contribution in [0.3, 0.4) is 0 Å². The third kappa shape index (κ3) is 5.93. The van der Waals surface area contributed by atoms with Crippen molar-refractivity contribution in [2.75, 3.05) is 20.1 Å². The summed E-state index contributed by atoms with van der Waals surface area (Å²) in [6.07, 6.45) is 0. The highest BCUT2D eigenvalue weighted by molar-refractivity contribution is 5.83. The van der Waals surface area contributed by atoms with Crippen LogP contribution in [0.5, 0.6) is 0 Å². The molecule has 6 heteroatoms. The van der Waals surface area contributed by atoms with E-state index in [1.54, 1.807) is 7.05 Å². The molecule has 1 aromatic carbocycles. The molecule has 0 saturated heterocycles. The van der Waals surface area contributed by atoms with Gasteiger partial charge in [-0.3, -0.25) is 19.9 Å². The number of amides is 2. The summed E-state index contributed by atoms with van der Waals surface area (Å²) in [6.45, 7) is 4.47. The number of nitrogens with two attached hydrogens (primary N) is 1. The zero-order chi connectivity index (χ0) is 15.8. The fourth-order valence-corrected chi connectivity index (χ4v) is 2.11. The predicted molar refractivity (Wildman–Crippen MR) is 82.3 cm³/mol. The molecule has 0 fully saturated rings. The molecular formula is C15H24N4O2. The van der Waals surface area contributed by atoms with Crippen LogP contribution in [0.4, 0.5) is 0 Å². The summed E-state index contributed by atoms with van der Waals surface area (Å²) in [5, 5.41) is 2.82. The van der Waals surface area contributed by atoms with E-state index < -0.39 is 5.92 Å². The van der Waals surface area contributed by atoms with Gasteiger partial charge in [0.15, 0.2) is 0 Å². The quantitative estimate of drug-likeness (QED) is 0.381. The van der Waals surface area contributed by atoms with Crippen molar-refractivity contribution in [1.29, 1.82) is 0 Å². The van der Waals surface area contributed by atoms with Crippen molar-refractivity contribution in [3.8, 4) is 0 Å². The first-order valence-corrected chi connectivity index (χ1v) is 6.97. The molecule has 0 aliphatic heterocycles. The number of rotatable bonds is 7. The van der Waals surface area contributed by atoms with E-state index in [1.807, 2.05) is 49.1 Å². The fraction of sp³-hybridized carbons (Fsp3) is 0.467. The van der Waals surface area contributed by atoms with E-state index in [0.29, 0.717) is 6.54 Å². The molecule has 116 valence electrons. The fourth-order valence-electron chi connectivity index (χ4n) is 2.11. The number of carbonyl (C=O) groups excluding carboxylic acids is 2. The van der Waals surface area contributed by atoms with Gasteiger partial charge in [-0.15, -0.1) is 0 Å². The number of likely N-dealkylation sites (N-methyl/N-ethyl adjacent to an activating group) is 1. The van der Waals surface area contributed by atoms with Crippen LogP contribution < -0.4 is 16.6 Å². The van der Waals surface area contributed by atoms with Crippen LogP contribution in [0.1, 0.15) is 25.3 Å². The van der Waals surface area contributed by atoms with Crippen LogP contribution >= 0.6 is 0 Å². The Morgan fingerprint density at radius 2 is 1.86 bits per heavy atom. The van der Waals surface area contributed by atoms with E-state index in [2.05, 4.69) is 10.7 Å². The molecular weight excluding hydrogens is 268 g/mol. The van der Waals surface area contributed by atoms with Gasteiger partial charge < -0.3 is 5.32 Å². The average Bonchev–Trinajstić information content (AvgIpc) is 2.43. The Labute approximate surface area is 125 Å². The number of nitrogens with zero attached hydrogens (tertiary/aromatic N) is 1. The van der Waals surface area contributed by atoms with Crippen molar-refractivity contribution in [2.24, 2.45) is 5.84 Å². The van der Waals surface area contributed by atoms with Crippen LogP contribution in [0, 0.1) is 0 Å². The molecule has 6 nitrogen and oxygen atoms in total. The summed E-state index contributed by atoms with van der Waals surface area (Å²) in [5.41, 5.74) is 3.06. The van der Waals surface area contributed by atoms with Gasteiger partial charge in [-0.25, -0.2) is 5.84 Å². The molecule has 2 amide bonds. The van der Waals surface area contributed by atoms with Gasteiger partial charge >= 0.3 is 0 Å². The topological polar surface area (TPSA) is 87.5 Å². The van der Waals surface area contributed by atoms with Crippen molar-refractivity contribution in [1.82, 2.24) is 15.6 Å². The van der Waals surface area contributed by atoms with Crippen LogP contribution in [0.25, 0.3) is 0 Å². The first kappa shape index (κ1) is 17.1. The van der Waals surface area contributed by atoms with E-state index in [1.165, 1.54) is 0 Å². The Kier molecular flexibility index (Phi) is 6.84. The van der Waals surface area contributed by atoms with Gasteiger partial charge in [-0.05, 0) is 26.5 Å². The minimum atomic E-state index is -0.409. The second-order valence-electron chi connectivity index (χ2n) is 5.39. The number of nitrogens with one attached hydrogen (secondary N) is 2. The number of hydrogen-bond donors (Lipinski definition) is 3. The highest BCUT2D eigenvalue weighted by Gasteiger charge is 2.22. The summed E-state index contributed by atoms with van der Waals surface area (Å²) < 4.78 is 0. The Morgan fingerprint density at radius 3 is 2.38 bits per heavy atom. The molecule has 1 aromatic rings. The summed E-state index contributed by atoms with van der Waals surface area (Å²) in [5.74, 6) is 4.52. The molecule has 0 radical (unpaired) electrons. The molecule has 1 atom stereocenters. The number of carbonyl (C=O) groups is 2. The average molecular weight is 292 g/mol. The molecule has 1 unspecified atom stereocenters. The largest absolute Gasteiger partial charge is 0.353 e. The third-order valence-electron chi connectivity index (χ3n) is 3.02. The second kappa shape index (κ2) is 8.39. The SMILES string of the molecule is CC(C)NC(=O)CN(C)CC(C(=O)NN)c1ccccc1. The minimum absolute atomic E-state index is 0.0625. The number of hydrazine groups is 1. The van der Waals surface area contributed by atoms with Crippen molar-refractivity contribution < 1.29 is 9.59 Å². The summed E-state index contributed by atoms with van der Waals surface area (Å²) in [7, 11) is 1.81. The van der Waals surface area contributed by atoms with E-state index in [4.69, 9.17) is 5.84 Å². The minimum Gasteiger partial charge on any atom is -0.353 e. The van der Waals surface area contributed by atoms with E-state index >= 15 is 0 Å². The lowest BCUT2D eigenvalue weighted by atomic mass is 9.98. The van der Waals surface area contributed by atoms with E-state index in [0.717, 1.165) is 5.56 Å².